The normalized spacial score (nSPS) is 11.9. The van der Waals surface area contributed by atoms with E-state index in [0.717, 1.165) is 13.1 Å². The first-order valence-electron chi connectivity index (χ1n) is 9.02. The van der Waals surface area contributed by atoms with Crippen LogP contribution in [0.4, 0.5) is 17.6 Å². The smallest absolute Gasteiger partial charge is 0.292 e. The molecule has 0 unspecified atom stereocenters. The molecule has 0 spiro atoms. The second-order valence-corrected chi connectivity index (χ2v) is 12.5. The van der Waals surface area contributed by atoms with Gasteiger partial charge in [-0.3, -0.25) is 9.36 Å². The molecule has 0 aliphatic heterocycles. The first kappa shape index (κ1) is 22.7. The van der Waals surface area contributed by atoms with Crippen LogP contribution in [0.1, 0.15) is 30.2 Å². The molecule has 2 aromatic rings. The quantitative estimate of drug-likeness (QED) is 0.425. The van der Waals surface area contributed by atoms with Crippen molar-refractivity contribution in [2.45, 2.75) is 45.6 Å². The number of halogens is 4. The first-order chi connectivity index (χ1) is 13.3. The van der Waals surface area contributed by atoms with Gasteiger partial charge in [0.25, 0.3) is 5.56 Å². The molecule has 0 aliphatic carbocycles. The highest BCUT2D eigenvalue weighted by molar-refractivity contribution is 6.83. The number of nitrogens with zero attached hydrogens (tertiary/aromatic N) is 2. The predicted molar refractivity (Wildman–Crippen MR) is 106 cm³/mol. The molecule has 1 aromatic carbocycles. The van der Waals surface area contributed by atoms with Gasteiger partial charge < -0.3 is 0 Å². The molecule has 0 aliphatic rings. The molecule has 2 rings (SSSR count). The number of benzene rings is 1. The van der Waals surface area contributed by atoms with Gasteiger partial charge in [-0.25, -0.2) is 13.8 Å². The van der Waals surface area contributed by atoms with Crippen LogP contribution in [0.15, 0.2) is 27.8 Å². The van der Waals surface area contributed by atoms with Crippen LogP contribution in [0.5, 0.6) is 0 Å². The summed E-state index contributed by atoms with van der Waals surface area (Å²) >= 11 is 0. The molecule has 0 bridgehead atoms. The Hall–Kier alpha value is -2.60. The Morgan fingerprint density at radius 1 is 1.10 bits per heavy atom. The van der Waals surface area contributed by atoms with Crippen molar-refractivity contribution in [3.8, 4) is 17.2 Å². The maximum Gasteiger partial charge on any atom is 0.431 e. The van der Waals surface area contributed by atoms with Gasteiger partial charge in [0, 0.05) is 18.7 Å². The molecule has 1 aromatic heterocycles. The third kappa shape index (κ3) is 5.06. The van der Waals surface area contributed by atoms with E-state index < -0.39 is 37.0 Å². The summed E-state index contributed by atoms with van der Waals surface area (Å²) in [4.78, 5) is 24.7. The largest absolute Gasteiger partial charge is 0.431 e. The van der Waals surface area contributed by atoms with Crippen LogP contribution in [0.2, 0.25) is 19.6 Å². The number of rotatable bonds is 3. The average molecular weight is 426 g/mol. The van der Waals surface area contributed by atoms with Crippen molar-refractivity contribution in [2.75, 3.05) is 0 Å². The van der Waals surface area contributed by atoms with Crippen molar-refractivity contribution in [1.82, 2.24) is 9.13 Å². The first-order valence-corrected chi connectivity index (χ1v) is 12.5. The van der Waals surface area contributed by atoms with Crippen molar-refractivity contribution in [3.63, 3.8) is 0 Å². The summed E-state index contributed by atoms with van der Waals surface area (Å²) in [5.74, 6) is 2.08. The molecule has 9 heteroatoms. The molecule has 0 N–H and O–H groups in total. The Kier molecular flexibility index (Phi) is 6.28. The molecular formula is C20H22F4N2O2Si. The van der Waals surface area contributed by atoms with Crippen molar-refractivity contribution in [1.29, 1.82) is 0 Å². The number of aromatic nitrogens is 2. The van der Waals surface area contributed by atoms with Gasteiger partial charge in [-0.15, -0.1) is 5.54 Å². The van der Waals surface area contributed by atoms with E-state index in [4.69, 9.17) is 0 Å². The summed E-state index contributed by atoms with van der Waals surface area (Å²) in [6, 6.07) is 2.75. The lowest BCUT2D eigenvalue weighted by atomic mass is 10.0. The topological polar surface area (TPSA) is 44.0 Å². The van der Waals surface area contributed by atoms with E-state index in [2.05, 4.69) is 11.5 Å². The van der Waals surface area contributed by atoms with Crippen LogP contribution >= 0.6 is 0 Å². The van der Waals surface area contributed by atoms with Gasteiger partial charge in [0.1, 0.15) is 19.6 Å². The predicted octanol–water partition coefficient (Wildman–Crippen LogP) is 3.88. The third-order valence-electron chi connectivity index (χ3n) is 4.12. The van der Waals surface area contributed by atoms with Crippen LogP contribution in [0.25, 0.3) is 5.69 Å². The Morgan fingerprint density at radius 3 is 2.24 bits per heavy atom. The number of aryl methyl sites for hydroxylation is 1. The van der Waals surface area contributed by atoms with Crippen LogP contribution in [0.3, 0.4) is 0 Å². The van der Waals surface area contributed by atoms with E-state index >= 15 is 0 Å². The molecule has 4 nitrogen and oxygen atoms in total. The molecule has 0 saturated heterocycles. The maximum atomic E-state index is 14.8. The minimum absolute atomic E-state index is 0.291. The fourth-order valence-corrected chi connectivity index (χ4v) is 3.25. The van der Waals surface area contributed by atoms with E-state index in [1.807, 2.05) is 26.6 Å². The Bertz CT molecular complexity index is 1110. The molecule has 29 heavy (non-hydrogen) atoms. The second kappa shape index (κ2) is 8.03. The van der Waals surface area contributed by atoms with Gasteiger partial charge in [-0.2, -0.15) is 13.2 Å². The van der Waals surface area contributed by atoms with E-state index in [0.29, 0.717) is 39.2 Å². The Balaban J connectivity index is 2.78. The maximum absolute atomic E-state index is 14.8. The van der Waals surface area contributed by atoms with Crippen LogP contribution in [-0.2, 0) is 19.6 Å². The minimum Gasteiger partial charge on any atom is -0.292 e. The average Bonchev–Trinajstić information content (AvgIpc) is 2.57. The summed E-state index contributed by atoms with van der Waals surface area (Å²) in [7, 11) is -0.840. The van der Waals surface area contributed by atoms with Gasteiger partial charge in [0.2, 0.25) is 0 Å². The summed E-state index contributed by atoms with van der Waals surface area (Å²) in [6.07, 6.45) is -3.67. The highest BCUT2D eigenvalue weighted by Gasteiger charge is 2.35. The van der Waals surface area contributed by atoms with Crippen molar-refractivity contribution in [2.24, 2.45) is 7.05 Å². The minimum atomic E-state index is -4.88. The van der Waals surface area contributed by atoms with Crippen LogP contribution in [-0.4, -0.2) is 17.2 Å². The van der Waals surface area contributed by atoms with Gasteiger partial charge in [0.15, 0.2) is 0 Å². The summed E-state index contributed by atoms with van der Waals surface area (Å²) in [5.41, 5.74) is -0.0730. The zero-order chi connectivity index (χ0) is 22.1. The second-order valence-electron chi connectivity index (χ2n) is 7.75. The van der Waals surface area contributed by atoms with Crippen LogP contribution < -0.4 is 11.2 Å². The highest BCUT2D eigenvalue weighted by atomic mass is 28.3. The Labute approximate surface area is 166 Å². The van der Waals surface area contributed by atoms with Crippen molar-refractivity contribution >= 4 is 8.07 Å². The molecule has 0 atom stereocenters. The zero-order valence-electron chi connectivity index (χ0n) is 16.9. The standard InChI is InChI=1S/C20H22F4N2O2Si/c1-6-7-13-11-16(15(21)10-14(13)8-9-29(3,4)5)26-18(27)12-17(20(22,23)24)25(2)19(26)28/h10-12H,6-7H2,1-5H3. The lowest BCUT2D eigenvalue weighted by Gasteiger charge is -2.15. The van der Waals surface area contributed by atoms with E-state index in [1.54, 1.807) is 0 Å². The number of hydrogen-bond acceptors (Lipinski definition) is 2. The highest BCUT2D eigenvalue weighted by Crippen LogP contribution is 2.27. The summed E-state index contributed by atoms with van der Waals surface area (Å²) in [6.45, 7) is 8.02. The molecule has 156 valence electrons. The summed E-state index contributed by atoms with van der Waals surface area (Å²) in [5, 5.41) is 0. The number of hydrogen-bond donors (Lipinski definition) is 0. The summed E-state index contributed by atoms with van der Waals surface area (Å²) < 4.78 is 54.6. The van der Waals surface area contributed by atoms with Gasteiger partial charge in [-0.05, 0) is 24.1 Å². The zero-order valence-corrected chi connectivity index (χ0v) is 17.9. The SMILES string of the molecule is CCCc1cc(-n2c(=O)cc(C(F)(F)F)n(C)c2=O)c(F)cc1C#C[Si](C)(C)C. The fraction of sp³-hybridized carbons (Fsp3) is 0.400. The molecule has 0 fully saturated rings. The molecule has 0 saturated carbocycles. The lowest BCUT2D eigenvalue weighted by molar-refractivity contribution is -0.144. The van der Waals surface area contributed by atoms with E-state index in [1.165, 1.54) is 6.07 Å². The monoisotopic (exact) mass is 426 g/mol. The Morgan fingerprint density at radius 2 is 1.72 bits per heavy atom. The molecule has 1 heterocycles. The van der Waals surface area contributed by atoms with E-state index in [9.17, 15) is 27.2 Å². The van der Waals surface area contributed by atoms with E-state index in [-0.39, 0.29) is 5.69 Å². The molecular weight excluding hydrogens is 404 g/mol. The van der Waals surface area contributed by atoms with Crippen molar-refractivity contribution in [3.05, 3.63) is 61.7 Å². The fourth-order valence-electron chi connectivity index (χ4n) is 2.74. The van der Waals surface area contributed by atoms with Gasteiger partial charge in [-0.1, -0.05) is 38.9 Å². The molecule has 0 amide bonds. The lowest BCUT2D eigenvalue weighted by Crippen LogP contribution is -2.41. The van der Waals surface area contributed by atoms with Gasteiger partial charge >= 0.3 is 11.9 Å². The number of alkyl halides is 3. The molecule has 0 radical (unpaired) electrons. The van der Waals surface area contributed by atoms with Crippen LogP contribution in [0, 0.1) is 17.3 Å². The third-order valence-corrected chi connectivity index (χ3v) is 4.99. The van der Waals surface area contributed by atoms with Gasteiger partial charge in [0.05, 0.1) is 5.69 Å². The van der Waals surface area contributed by atoms with Crippen molar-refractivity contribution < 1.29 is 17.6 Å².